The van der Waals surface area contributed by atoms with Crippen LogP contribution in [0, 0.1) is 35.5 Å². The van der Waals surface area contributed by atoms with Gasteiger partial charge in [0.05, 0.1) is 24.0 Å². The second-order valence-corrected chi connectivity index (χ2v) is 20.6. The summed E-state index contributed by atoms with van der Waals surface area (Å²) in [6, 6.07) is 18.9. The number of aromatic amines is 1. The van der Waals surface area contributed by atoms with Crippen LogP contribution in [0.5, 0.6) is 17.2 Å². The van der Waals surface area contributed by atoms with Gasteiger partial charge in [0.15, 0.2) is 17.3 Å². The Morgan fingerprint density at radius 2 is 1.75 bits per heavy atom. The number of aliphatic hydroxyl groups excluding tert-OH is 2. The highest BCUT2D eigenvalue weighted by molar-refractivity contribution is 6.05. The second-order valence-electron chi connectivity index (χ2n) is 20.6. The quantitative estimate of drug-likeness (QED) is 0.0502. The number of ketones is 2. The molecule has 11 nitrogen and oxygen atoms in total. The number of ether oxygens (including phenoxy) is 1. The van der Waals surface area contributed by atoms with Gasteiger partial charge in [-0.1, -0.05) is 108 Å². The zero-order chi connectivity index (χ0) is 48.8. The van der Waals surface area contributed by atoms with E-state index in [4.69, 9.17) is 15.0 Å². The number of allylic oxidation sites excluding steroid dienone is 2. The minimum absolute atomic E-state index is 0.00759. The van der Waals surface area contributed by atoms with Crippen LogP contribution < -0.4 is 15.0 Å². The van der Waals surface area contributed by atoms with Gasteiger partial charge in [-0.05, 0) is 128 Å². The third kappa shape index (κ3) is 9.07. The average molecular weight is 951 g/mol. The van der Waals surface area contributed by atoms with Crippen LogP contribution in [0.15, 0.2) is 96.9 Å². The number of phenolic OH excluding ortho intramolecular Hbond substituents is 2. The van der Waals surface area contributed by atoms with Crippen LogP contribution in [-0.4, -0.2) is 75.4 Å². The first-order valence-corrected chi connectivity index (χ1v) is 25.7. The van der Waals surface area contributed by atoms with Crippen molar-refractivity contribution in [1.29, 1.82) is 0 Å². The smallest absolute Gasteiger partial charge is 0.161 e. The molecule has 0 radical (unpaired) electrons. The molecule has 2 aromatic heterocycles. The maximum Gasteiger partial charge on any atom is 0.161 e. The molecule has 5 heterocycles. The molecule has 71 heavy (non-hydrogen) atoms. The molecule has 3 aliphatic heterocycles. The van der Waals surface area contributed by atoms with E-state index < -0.39 is 35.8 Å². The predicted octanol–water partition coefficient (Wildman–Crippen LogP) is 9.21. The lowest BCUT2D eigenvalue weighted by atomic mass is 9.66. The number of benzene rings is 3. The van der Waals surface area contributed by atoms with E-state index in [-0.39, 0.29) is 66.4 Å². The number of aromatic hydroxyl groups is 2. The first-order chi connectivity index (χ1) is 34.6. The molecule has 11 heteroatoms. The van der Waals surface area contributed by atoms with Gasteiger partial charge in [-0.3, -0.25) is 9.59 Å². The third-order valence-electron chi connectivity index (χ3n) is 16.2. The Kier molecular flexibility index (Phi) is 13.1. The van der Waals surface area contributed by atoms with Crippen molar-refractivity contribution in [3.8, 4) is 29.1 Å². The van der Waals surface area contributed by atoms with Gasteiger partial charge in [-0.25, -0.2) is 0 Å². The molecule has 7 bridgehead atoms. The van der Waals surface area contributed by atoms with Crippen molar-refractivity contribution < 1.29 is 34.8 Å². The number of nitrogens with one attached hydrogen (secondary N) is 2. The number of rotatable bonds is 8. The Bertz CT molecular complexity index is 3000. The van der Waals surface area contributed by atoms with Crippen molar-refractivity contribution in [2.24, 2.45) is 23.7 Å². The summed E-state index contributed by atoms with van der Waals surface area (Å²) in [6.07, 6.45) is 19.7. The Morgan fingerprint density at radius 1 is 0.873 bits per heavy atom. The lowest BCUT2D eigenvalue weighted by Crippen LogP contribution is -2.39. The maximum absolute atomic E-state index is 16.0. The number of aliphatic hydroxyl groups is 2. The van der Waals surface area contributed by atoms with Gasteiger partial charge in [0, 0.05) is 60.9 Å². The number of phenols is 2. The molecule has 0 amide bonds. The number of Topliss-reactive ketones (excluding diaryl/α,β-unsaturated/α-hetero) is 2. The van der Waals surface area contributed by atoms with E-state index in [0.717, 1.165) is 88.7 Å². The summed E-state index contributed by atoms with van der Waals surface area (Å²) in [7, 11) is 1.84. The van der Waals surface area contributed by atoms with Crippen molar-refractivity contribution in [2.45, 2.75) is 107 Å². The molecular weight excluding hydrogens is 889 g/mol. The van der Waals surface area contributed by atoms with Crippen molar-refractivity contribution in [3.05, 3.63) is 158 Å². The number of nitrogens with zero attached hydrogens (tertiary/aromatic N) is 2. The lowest BCUT2D eigenvalue weighted by Gasteiger charge is -2.41. The summed E-state index contributed by atoms with van der Waals surface area (Å²) in [5.41, 5.74) is 9.49. The summed E-state index contributed by atoms with van der Waals surface area (Å²) >= 11 is 0. The van der Waals surface area contributed by atoms with Gasteiger partial charge in [-0.2, -0.15) is 6.20 Å². The highest BCUT2D eigenvalue weighted by Gasteiger charge is 2.43. The summed E-state index contributed by atoms with van der Waals surface area (Å²) < 4.78 is 6.53. The summed E-state index contributed by atoms with van der Waals surface area (Å²) in [5.74, 6) is 4.12. The lowest BCUT2D eigenvalue weighted by molar-refractivity contribution is -0.135. The number of carbonyl (C=O) groups excluding carboxylic acids is 2. The van der Waals surface area contributed by atoms with Crippen molar-refractivity contribution in [3.63, 3.8) is 0 Å². The third-order valence-corrected chi connectivity index (χ3v) is 16.2. The molecule has 12 rings (SSSR count). The van der Waals surface area contributed by atoms with Gasteiger partial charge in [0.1, 0.15) is 11.5 Å². The average Bonchev–Trinajstić information content (AvgIpc) is 4.15. The van der Waals surface area contributed by atoms with E-state index in [0.29, 0.717) is 48.5 Å². The number of fused-ring (bicyclic) bond motifs is 8. The zero-order valence-corrected chi connectivity index (χ0v) is 40.2. The number of aryl methyl sites for hydroxylation is 2. The highest BCUT2D eigenvalue weighted by atomic mass is 16.5. The fourth-order valence-corrected chi connectivity index (χ4v) is 12.6. The monoisotopic (exact) mass is 950 g/mol. The molecule has 7 aliphatic rings. The van der Waals surface area contributed by atoms with Crippen LogP contribution in [0.3, 0.4) is 0 Å². The number of H-pyrrole nitrogens is 1. The normalized spacial score (nSPS) is 26.9. The summed E-state index contributed by atoms with van der Waals surface area (Å²) in [6.45, 7) is 0.0194. The van der Waals surface area contributed by atoms with Crippen LogP contribution >= 0.6 is 0 Å². The maximum atomic E-state index is 16.0. The van der Waals surface area contributed by atoms with E-state index >= 15 is 4.79 Å². The number of hydrogen-bond donors (Lipinski definition) is 6. The first kappa shape index (κ1) is 46.8. The topological polar surface area (TPSA) is 180 Å². The van der Waals surface area contributed by atoms with Crippen molar-refractivity contribution in [2.75, 3.05) is 20.2 Å². The molecule has 3 aromatic carbocycles. The molecule has 1 saturated carbocycles. The van der Waals surface area contributed by atoms with Gasteiger partial charge >= 0.3 is 0 Å². The predicted molar refractivity (Wildman–Crippen MR) is 274 cm³/mol. The minimum Gasteiger partial charge on any atom is -0.664 e. The van der Waals surface area contributed by atoms with Crippen molar-refractivity contribution in [1.82, 2.24) is 15.3 Å². The Balaban J connectivity index is 1.09. The van der Waals surface area contributed by atoms with Crippen LogP contribution in [0.1, 0.15) is 125 Å². The van der Waals surface area contributed by atoms with Crippen LogP contribution in [-0.2, 0) is 28.9 Å². The minimum atomic E-state index is -1.14. The first-order valence-electron chi connectivity index (χ1n) is 25.7. The van der Waals surface area contributed by atoms with Gasteiger partial charge < -0.3 is 45.8 Å². The van der Waals surface area contributed by atoms with Gasteiger partial charge in [0.2, 0.25) is 0 Å². The zero-order valence-electron chi connectivity index (χ0n) is 40.2. The molecule has 4 aliphatic carbocycles. The number of carbonyl (C=O) groups is 2. The number of aromatic nitrogens is 2. The van der Waals surface area contributed by atoms with Gasteiger partial charge in [-0.15, -0.1) is 5.69 Å². The molecule has 366 valence electrons. The Morgan fingerprint density at radius 3 is 2.59 bits per heavy atom. The molecule has 6 N–H and O–H groups in total. The van der Waals surface area contributed by atoms with E-state index in [1.807, 2.05) is 61.8 Å². The summed E-state index contributed by atoms with van der Waals surface area (Å²) in [5, 5.41) is 54.8. The van der Waals surface area contributed by atoms with E-state index in [1.165, 1.54) is 0 Å². The molecule has 9 atom stereocenters. The second kappa shape index (κ2) is 19.9. The largest absolute Gasteiger partial charge is 0.664 e. The van der Waals surface area contributed by atoms with E-state index in [2.05, 4.69) is 58.6 Å². The van der Waals surface area contributed by atoms with Gasteiger partial charge in [0.25, 0.3) is 0 Å². The van der Waals surface area contributed by atoms with Crippen LogP contribution in [0.4, 0.5) is 5.82 Å². The highest BCUT2D eigenvalue weighted by Crippen LogP contribution is 2.50. The molecule has 0 unspecified atom stereocenters. The Hall–Kier alpha value is -6.58. The fraction of sp³-hybridized carbons (Fsp3) is 0.400. The number of hydrogen-bond acceptors (Lipinski definition) is 8. The fourth-order valence-electron chi connectivity index (χ4n) is 12.6. The van der Waals surface area contributed by atoms with Crippen molar-refractivity contribution >= 4 is 29.5 Å². The molecular formula is C60H62N4O7-2. The van der Waals surface area contributed by atoms with Crippen LogP contribution in [0.25, 0.3) is 17.5 Å². The molecule has 5 aromatic rings. The molecule has 0 spiro atoms. The standard InChI is InChI=1S/C60H62N4O7/c1-61-33-38-14-19-51-50-32-52-44(21-24-62-52)49(29-34-9-13-37-5-4-8-53(66)41(37)15-10-34)56(50)59(70)47(23-26-65)54(67)20-12-36-28-39(58(69)55(31-36)71-40-6-2-3-7-40)27-35-11-16-42-45(57(38)68)18-17-43(48(42)30-35)46-22-25-63-60(46)64-51/h4-5,8,10-11,15-18,21-22,24-25,28,30-32,34,38,40,43,45,47,49,51,56-57,61,63,65-66,68-69H,2-3,6-7,9,12-13,20,23,26-27,29,33H2,1H3/q-2/t34-,38+,43-,45+,47+,49+,51+,56-,57+/m0/s1. The van der Waals surface area contributed by atoms with E-state index in [1.54, 1.807) is 12.3 Å². The molecule has 0 saturated heterocycles. The Labute approximate surface area is 415 Å². The SMILES string of the molecule is CNC[C@H]1C#C[C@H]2[N-]c3[nH]ccc3[C@@H]3C=C[C@H](c4ccc(cc43)Cc3cc(cc(OC4CCCC4)c3O)CCC(=O)[C@@H](CCO)C(=O)[C@@H]3C2=Cc2[n-]ccc2[C@H]3C[C@@H]2C=Cc3c(O)cccc3CC2)[C@@H]1O. The van der Waals surface area contributed by atoms with E-state index in [9.17, 15) is 25.2 Å². The van der Waals surface area contributed by atoms with Crippen LogP contribution in [0.2, 0.25) is 0 Å². The summed E-state index contributed by atoms with van der Waals surface area (Å²) in [4.78, 5) is 39.3. The molecule has 1 fully saturated rings.